The zero-order valence-corrected chi connectivity index (χ0v) is 11.4. The van der Waals surface area contributed by atoms with Gasteiger partial charge in [-0.2, -0.15) is 0 Å². The van der Waals surface area contributed by atoms with Crippen molar-refractivity contribution in [3.05, 3.63) is 49.4 Å². The summed E-state index contributed by atoms with van der Waals surface area (Å²) in [6, 6.07) is 7.95. The Labute approximate surface area is 110 Å². The molecular weight excluding hydrogens is 223 g/mol. The molecule has 1 aromatic carbocycles. The molecule has 1 aliphatic heterocycles. The molecule has 1 heterocycles. The first-order chi connectivity index (χ1) is 8.38. The molecule has 1 aliphatic rings. The van der Waals surface area contributed by atoms with Gasteiger partial charge in [0.25, 0.3) is 0 Å². The predicted molar refractivity (Wildman–Crippen MR) is 75.8 cm³/mol. The van der Waals surface area contributed by atoms with Crippen LogP contribution in [0.3, 0.4) is 0 Å². The topological polar surface area (TPSA) is 18.5 Å². The lowest BCUT2D eigenvalue weighted by Crippen LogP contribution is -2.44. The second-order valence-corrected chi connectivity index (χ2v) is 5.54. The summed E-state index contributed by atoms with van der Waals surface area (Å²) in [5, 5.41) is 0. The van der Waals surface area contributed by atoms with Gasteiger partial charge < -0.3 is 9.31 Å². The number of hydrogen-bond donors (Lipinski definition) is 0. The molecule has 1 atom stereocenters. The highest BCUT2D eigenvalue weighted by Gasteiger charge is 2.53. The highest BCUT2D eigenvalue weighted by atomic mass is 16.7. The van der Waals surface area contributed by atoms with Crippen LogP contribution >= 0.6 is 0 Å². The van der Waals surface area contributed by atoms with Crippen molar-refractivity contribution in [2.24, 2.45) is 0 Å². The van der Waals surface area contributed by atoms with Gasteiger partial charge in [-0.25, -0.2) is 0 Å². The van der Waals surface area contributed by atoms with E-state index in [-0.39, 0.29) is 18.3 Å². The predicted octanol–water partition coefficient (Wildman–Crippen LogP) is 2.72. The first-order valence-corrected chi connectivity index (χ1v) is 6.26. The Bertz CT molecular complexity index is 438. The van der Waals surface area contributed by atoms with Crippen LogP contribution in [0.15, 0.2) is 36.9 Å². The van der Waals surface area contributed by atoms with Crippen LogP contribution < -0.4 is 5.46 Å². The Morgan fingerprint density at radius 3 is 2.33 bits per heavy atom. The van der Waals surface area contributed by atoms with Crippen LogP contribution in [-0.2, 0) is 9.31 Å². The summed E-state index contributed by atoms with van der Waals surface area (Å²) in [6.07, 6.45) is 2.65. The quantitative estimate of drug-likeness (QED) is 0.600. The highest BCUT2D eigenvalue weighted by molar-refractivity contribution is 6.62. The van der Waals surface area contributed by atoms with Gasteiger partial charge in [0, 0.05) is 0 Å². The molecule has 1 saturated heterocycles. The number of benzene rings is 1. The van der Waals surface area contributed by atoms with E-state index in [1.165, 1.54) is 0 Å². The molecule has 2 rings (SSSR count). The van der Waals surface area contributed by atoms with Crippen molar-refractivity contribution in [2.75, 3.05) is 0 Å². The van der Waals surface area contributed by atoms with Crippen molar-refractivity contribution in [1.29, 1.82) is 0 Å². The van der Waals surface area contributed by atoms with Crippen molar-refractivity contribution >= 4 is 12.6 Å². The summed E-state index contributed by atoms with van der Waals surface area (Å²) in [5.41, 5.74) is 1.34. The Morgan fingerprint density at radius 1 is 1.17 bits per heavy atom. The molecule has 2 nitrogen and oxygen atoms in total. The van der Waals surface area contributed by atoms with Crippen molar-refractivity contribution in [2.45, 2.75) is 38.4 Å². The maximum Gasteiger partial charge on any atom is 0.494 e. The molecule has 0 saturated carbocycles. The molecule has 1 unspecified atom stereocenters. The summed E-state index contributed by atoms with van der Waals surface area (Å²) >= 11 is 0. The molecule has 3 heteroatoms. The molecule has 1 radical (unpaired) electrons. The molecule has 0 bridgehead atoms. The van der Waals surface area contributed by atoms with Gasteiger partial charge in [-0.05, 0) is 45.1 Å². The fourth-order valence-corrected chi connectivity index (χ4v) is 2.17. The van der Waals surface area contributed by atoms with Crippen molar-refractivity contribution < 1.29 is 9.31 Å². The Morgan fingerprint density at radius 2 is 1.78 bits per heavy atom. The fourth-order valence-electron chi connectivity index (χ4n) is 2.17. The Balaban J connectivity index is 2.24. The Kier molecular flexibility index (Phi) is 3.39. The van der Waals surface area contributed by atoms with Crippen LogP contribution in [0.5, 0.6) is 0 Å². The molecule has 1 fully saturated rings. The van der Waals surface area contributed by atoms with Crippen molar-refractivity contribution in [1.82, 2.24) is 0 Å². The van der Waals surface area contributed by atoms with E-state index < -0.39 is 0 Å². The van der Waals surface area contributed by atoms with E-state index in [9.17, 15) is 0 Å². The van der Waals surface area contributed by atoms with E-state index in [1.54, 1.807) is 0 Å². The third kappa shape index (κ3) is 2.25. The van der Waals surface area contributed by atoms with Crippen LogP contribution in [0.1, 0.15) is 32.8 Å². The van der Waals surface area contributed by atoms with Crippen molar-refractivity contribution in [3.8, 4) is 0 Å². The van der Waals surface area contributed by atoms with Gasteiger partial charge in [0.15, 0.2) is 0 Å². The van der Waals surface area contributed by atoms with E-state index >= 15 is 0 Å². The van der Waals surface area contributed by atoms with Crippen LogP contribution in [0.2, 0.25) is 0 Å². The van der Waals surface area contributed by atoms with Gasteiger partial charge in [0.2, 0.25) is 0 Å². The zero-order valence-electron chi connectivity index (χ0n) is 11.4. The lowest BCUT2D eigenvalue weighted by atomic mass is 9.79. The largest absolute Gasteiger partial charge is 0.494 e. The van der Waals surface area contributed by atoms with E-state index in [1.807, 2.05) is 30.3 Å². The average Bonchev–Trinajstić information content (AvgIpc) is 2.51. The number of rotatable bonds is 3. The minimum atomic E-state index is -0.345. The van der Waals surface area contributed by atoms with E-state index in [0.29, 0.717) is 0 Å². The van der Waals surface area contributed by atoms with Crippen LogP contribution in [-0.4, -0.2) is 18.3 Å². The molecule has 18 heavy (non-hydrogen) atoms. The molecule has 0 aromatic heterocycles. The highest BCUT2D eigenvalue weighted by Crippen LogP contribution is 2.39. The van der Waals surface area contributed by atoms with Gasteiger partial charge in [-0.15, -0.1) is 6.58 Å². The van der Waals surface area contributed by atoms with Gasteiger partial charge in [0.1, 0.15) is 0 Å². The normalized spacial score (nSPS) is 26.3. The van der Waals surface area contributed by atoms with Gasteiger partial charge in [-0.3, -0.25) is 0 Å². The van der Waals surface area contributed by atoms with Crippen LogP contribution in [0.25, 0.3) is 0 Å². The van der Waals surface area contributed by atoms with Crippen LogP contribution in [0.4, 0.5) is 0 Å². The van der Waals surface area contributed by atoms with E-state index in [0.717, 1.165) is 17.4 Å². The van der Waals surface area contributed by atoms with Crippen LogP contribution in [0, 0.1) is 6.92 Å². The summed E-state index contributed by atoms with van der Waals surface area (Å²) in [7, 11) is -0.314. The lowest BCUT2D eigenvalue weighted by Gasteiger charge is -2.35. The molecule has 95 valence electrons. The Hall–Kier alpha value is -1.06. The van der Waals surface area contributed by atoms with E-state index in [2.05, 4.69) is 34.3 Å². The second-order valence-electron chi connectivity index (χ2n) is 5.54. The second kappa shape index (κ2) is 4.56. The third-order valence-electron chi connectivity index (χ3n) is 3.83. The smallest absolute Gasteiger partial charge is 0.399 e. The zero-order chi connectivity index (χ0) is 13.4. The SMILES string of the molecule is [CH2]c1ccc(B2OC(C)(C)C(C)(CC=C)O2)cc1. The summed E-state index contributed by atoms with van der Waals surface area (Å²) in [5.74, 6) is 0. The lowest BCUT2D eigenvalue weighted by molar-refractivity contribution is -0.00668. The molecule has 0 spiro atoms. The fraction of sp³-hybridized carbons (Fsp3) is 0.400. The maximum atomic E-state index is 6.12. The summed E-state index contributed by atoms with van der Waals surface area (Å²) < 4.78 is 12.2. The summed E-state index contributed by atoms with van der Waals surface area (Å²) in [4.78, 5) is 0. The standard InChI is InChI=1S/C15H20BO2/c1-6-11-15(5)14(3,4)17-16(18-15)13-9-7-12(2)8-10-13/h6-10H,1-2,11H2,3-5H3. The van der Waals surface area contributed by atoms with Crippen molar-refractivity contribution in [3.63, 3.8) is 0 Å². The summed E-state index contributed by atoms with van der Waals surface area (Å²) in [6.45, 7) is 13.9. The van der Waals surface area contributed by atoms with Gasteiger partial charge >= 0.3 is 7.12 Å². The molecule has 0 amide bonds. The first kappa shape index (κ1) is 13.4. The minimum absolute atomic E-state index is 0.314. The van der Waals surface area contributed by atoms with Gasteiger partial charge in [0.05, 0.1) is 11.2 Å². The first-order valence-electron chi connectivity index (χ1n) is 6.26. The van der Waals surface area contributed by atoms with Gasteiger partial charge in [-0.1, -0.05) is 30.3 Å². The molecule has 0 aliphatic carbocycles. The maximum absolute atomic E-state index is 6.12. The molecular formula is C15H20BO2. The minimum Gasteiger partial charge on any atom is -0.399 e. The molecule has 0 N–H and O–H groups in total. The number of hydrogen-bond acceptors (Lipinski definition) is 2. The average molecular weight is 243 g/mol. The van der Waals surface area contributed by atoms with E-state index in [4.69, 9.17) is 9.31 Å². The molecule has 1 aromatic rings. The third-order valence-corrected chi connectivity index (χ3v) is 3.83. The monoisotopic (exact) mass is 243 g/mol.